The van der Waals surface area contributed by atoms with Crippen molar-refractivity contribution in [3.8, 4) is 5.75 Å². The van der Waals surface area contributed by atoms with Gasteiger partial charge in [0.15, 0.2) is 6.61 Å². The van der Waals surface area contributed by atoms with Gasteiger partial charge in [-0.25, -0.2) is 0 Å². The average molecular weight is 380 g/mol. The fourth-order valence-corrected chi connectivity index (χ4v) is 3.98. The second-order valence-electron chi connectivity index (χ2n) is 6.03. The maximum absolute atomic E-state index is 12.3. The van der Waals surface area contributed by atoms with Crippen LogP contribution < -0.4 is 15.8 Å². The molecule has 0 saturated heterocycles. The van der Waals surface area contributed by atoms with Crippen LogP contribution in [0.1, 0.15) is 26.4 Å². The van der Waals surface area contributed by atoms with E-state index < -0.39 is 5.91 Å². The average Bonchev–Trinajstić information content (AvgIpc) is 2.97. The lowest BCUT2D eigenvalue weighted by Gasteiger charge is -2.07. The lowest BCUT2D eigenvalue weighted by atomic mass is 10.1. The number of amides is 2. The van der Waals surface area contributed by atoms with Gasteiger partial charge in [-0.05, 0) is 30.2 Å². The van der Waals surface area contributed by atoms with E-state index in [1.54, 1.807) is 12.1 Å². The second kappa shape index (κ2) is 8.51. The molecule has 27 heavy (non-hydrogen) atoms. The highest BCUT2D eigenvalue weighted by molar-refractivity contribution is 7.17. The molecule has 5 nitrogen and oxygen atoms in total. The first-order valence-corrected chi connectivity index (χ1v) is 9.30. The van der Waals surface area contributed by atoms with Crippen LogP contribution in [0.5, 0.6) is 5.75 Å². The van der Waals surface area contributed by atoms with E-state index in [-0.39, 0.29) is 12.5 Å². The number of hydrogen-bond donors (Lipinski definition) is 2. The van der Waals surface area contributed by atoms with Crippen LogP contribution in [0, 0.1) is 6.92 Å². The number of thiophene rings is 1. The van der Waals surface area contributed by atoms with Crippen LogP contribution in [-0.4, -0.2) is 18.4 Å². The topological polar surface area (TPSA) is 81.4 Å². The van der Waals surface area contributed by atoms with E-state index in [1.165, 1.54) is 11.3 Å². The van der Waals surface area contributed by atoms with Crippen LogP contribution in [0.2, 0.25) is 0 Å². The van der Waals surface area contributed by atoms with Crippen molar-refractivity contribution in [1.82, 2.24) is 0 Å². The van der Waals surface area contributed by atoms with Gasteiger partial charge < -0.3 is 15.8 Å². The summed E-state index contributed by atoms with van der Waals surface area (Å²) in [6.07, 6.45) is 0.675. The largest absolute Gasteiger partial charge is 0.484 e. The van der Waals surface area contributed by atoms with E-state index in [4.69, 9.17) is 10.5 Å². The molecule has 0 saturated carbocycles. The molecule has 0 fully saturated rings. The Hall–Kier alpha value is -3.12. The van der Waals surface area contributed by atoms with Gasteiger partial charge in [0, 0.05) is 11.3 Å². The number of para-hydroxylation sites is 1. The molecule has 2 aromatic carbocycles. The summed E-state index contributed by atoms with van der Waals surface area (Å²) in [7, 11) is 0. The molecule has 0 aliphatic rings. The van der Waals surface area contributed by atoms with E-state index in [9.17, 15) is 9.59 Å². The van der Waals surface area contributed by atoms with Crippen LogP contribution in [0.3, 0.4) is 0 Å². The third-order valence-corrected chi connectivity index (χ3v) is 5.27. The molecule has 0 aliphatic heterocycles. The maximum atomic E-state index is 12.3. The number of nitrogens with one attached hydrogen (secondary N) is 1. The van der Waals surface area contributed by atoms with Gasteiger partial charge in [0.05, 0.1) is 5.56 Å². The van der Waals surface area contributed by atoms with Gasteiger partial charge in [0.2, 0.25) is 0 Å². The molecular weight excluding hydrogens is 360 g/mol. The summed E-state index contributed by atoms with van der Waals surface area (Å²) in [6, 6.07) is 19.0. The first kappa shape index (κ1) is 18.7. The van der Waals surface area contributed by atoms with Crippen molar-refractivity contribution in [2.45, 2.75) is 13.3 Å². The fourth-order valence-electron chi connectivity index (χ4n) is 2.72. The molecule has 1 aromatic heterocycles. The summed E-state index contributed by atoms with van der Waals surface area (Å²) in [6.45, 7) is 1.71. The molecule has 3 aromatic rings. The summed E-state index contributed by atoms with van der Waals surface area (Å²) in [5.74, 6) is -0.286. The van der Waals surface area contributed by atoms with Crippen LogP contribution >= 0.6 is 11.3 Å². The number of anilines is 1. The number of ether oxygens (including phenoxy) is 1. The van der Waals surface area contributed by atoms with Gasteiger partial charge in [-0.1, -0.05) is 48.5 Å². The van der Waals surface area contributed by atoms with Crippen molar-refractivity contribution < 1.29 is 14.3 Å². The first-order valence-electron chi connectivity index (χ1n) is 8.48. The van der Waals surface area contributed by atoms with Crippen molar-refractivity contribution in [2.75, 3.05) is 11.9 Å². The SMILES string of the molecule is Cc1c(Cc2ccccc2)sc(NC(=O)COc2ccccc2)c1C(N)=O. The molecule has 0 aliphatic carbocycles. The highest BCUT2D eigenvalue weighted by Crippen LogP contribution is 2.34. The zero-order valence-electron chi connectivity index (χ0n) is 14.9. The predicted octanol–water partition coefficient (Wildman–Crippen LogP) is 3.76. The van der Waals surface area contributed by atoms with E-state index in [0.717, 1.165) is 16.0 Å². The Balaban J connectivity index is 1.74. The number of rotatable bonds is 7. The Morgan fingerprint density at radius 1 is 1.04 bits per heavy atom. The van der Waals surface area contributed by atoms with Crippen LogP contribution in [0.15, 0.2) is 60.7 Å². The van der Waals surface area contributed by atoms with Crippen LogP contribution in [0.4, 0.5) is 5.00 Å². The lowest BCUT2D eigenvalue weighted by molar-refractivity contribution is -0.118. The van der Waals surface area contributed by atoms with Gasteiger partial charge in [0.1, 0.15) is 10.8 Å². The number of primary amides is 1. The van der Waals surface area contributed by atoms with Gasteiger partial charge >= 0.3 is 0 Å². The Morgan fingerprint density at radius 3 is 2.30 bits per heavy atom. The van der Waals surface area contributed by atoms with E-state index in [2.05, 4.69) is 5.32 Å². The number of benzene rings is 2. The van der Waals surface area contributed by atoms with Gasteiger partial charge in [0.25, 0.3) is 11.8 Å². The minimum atomic E-state index is -0.553. The molecule has 0 unspecified atom stereocenters. The summed E-state index contributed by atoms with van der Waals surface area (Å²) < 4.78 is 5.45. The lowest BCUT2D eigenvalue weighted by Crippen LogP contribution is -2.22. The number of carbonyl (C=O) groups excluding carboxylic acids is 2. The van der Waals surface area contributed by atoms with Crippen molar-refractivity contribution in [3.63, 3.8) is 0 Å². The molecule has 1 heterocycles. The third-order valence-electron chi connectivity index (χ3n) is 4.07. The van der Waals surface area contributed by atoms with E-state index >= 15 is 0 Å². The monoisotopic (exact) mass is 380 g/mol. The van der Waals surface area contributed by atoms with Crippen LogP contribution in [0.25, 0.3) is 0 Å². The highest BCUT2D eigenvalue weighted by Gasteiger charge is 2.21. The molecule has 0 radical (unpaired) electrons. The molecule has 0 spiro atoms. The number of hydrogen-bond acceptors (Lipinski definition) is 4. The van der Waals surface area contributed by atoms with Crippen LogP contribution in [-0.2, 0) is 11.2 Å². The zero-order chi connectivity index (χ0) is 19.2. The molecular formula is C21H20N2O3S. The summed E-state index contributed by atoms with van der Waals surface area (Å²) in [5, 5.41) is 3.23. The number of nitrogens with two attached hydrogens (primary N) is 1. The number of carbonyl (C=O) groups is 2. The predicted molar refractivity (Wildman–Crippen MR) is 107 cm³/mol. The summed E-state index contributed by atoms with van der Waals surface area (Å²) in [5.41, 5.74) is 7.84. The van der Waals surface area contributed by atoms with Crippen molar-refractivity contribution >= 4 is 28.2 Å². The normalized spacial score (nSPS) is 10.4. The Bertz CT molecular complexity index is 937. The highest BCUT2D eigenvalue weighted by atomic mass is 32.1. The molecule has 138 valence electrons. The first-order chi connectivity index (χ1) is 13.0. The Labute approximate surface area is 161 Å². The van der Waals surface area contributed by atoms with Crippen molar-refractivity contribution in [3.05, 3.63) is 82.2 Å². The van der Waals surface area contributed by atoms with Crippen molar-refractivity contribution in [2.24, 2.45) is 5.73 Å². The second-order valence-corrected chi connectivity index (χ2v) is 7.14. The molecule has 6 heteroatoms. The molecule has 0 atom stereocenters. The Kier molecular flexibility index (Phi) is 5.88. The van der Waals surface area contributed by atoms with Crippen molar-refractivity contribution in [1.29, 1.82) is 0 Å². The smallest absolute Gasteiger partial charge is 0.262 e. The molecule has 0 bridgehead atoms. The van der Waals surface area contributed by atoms with Gasteiger partial charge in [-0.3, -0.25) is 9.59 Å². The van der Waals surface area contributed by atoms with E-state index in [1.807, 2.05) is 55.5 Å². The minimum absolute atomic E-state index is 0.146. The quantitative estimate of drug-likeness (QED) is 0.655. The summed E-state index contributed by atoms with van der Waals surface area (Å²) in [4.78, 5) is 25.2. The Morgan fingerprint density at radius 2 is 1.67 bits per heavy atom. The minimum Gasteiger partial charge on any atom is -0.484 e. The molecule has 3 rings (SSSR count). The third kappa shape index (κ3) is 4.74. The zero-order valence-corrected chi connectivity index (χ0v) is 15.7. The fraction of sp³-hybridized carbons (Fsp3) is 0.143. The molecule has 2 amide bonds. The standard InChI is InChI=1S/C21H20N2O3S/c1-14-17(12-15-8-4-2-5-9-15)27-21(19(14)20(22)25)23-18(24)13-26-16-10-6-3-7-11-16/h2-11H,12-13H2,1H3,(H2,22,25)(H,23,24). The maximum Gasteiger partial charge on any atom is 0.262 e. The summed E-state index contributed by atoms with van der Waals surface area (Å²) >= 11 is 1.37. The van der Waals surface area contributed by atoms with E-state index in [0.29, 0.717) is 22.7 Å². The van der Waals surface area contributed by atoms with Gasteiger partial charge in [-0.2, -0.15) is 0 Å². The van der Waals surface area contributed by atoms with Gasteiger partial charge in [-0.15, -0.1) is 11.3 Å². The molecule has 3 N–H and O–H groups in total.